The number of imide groups is 1. The SMILES string of the molecule is CCCCCCCCCC=CC=CC=CC=CC=CC=CC(=O)N(OC(=O)c1ccccc1OC(C)=O)C(=O)CCC. The number of ether oxygens (including phenoxy) is 1. The standard InChI is InChI=1S/C35H45NO6/c1-4-6-7-8-9-10-11-12-13-14-15-16-17-18-19-20-21-22-23-29-34(39)36(33(38)26-5-2)42-35(40)31-27-24-25-28-32(31)41-30(3)37/h13-25,27-29H,4-12,26H2,1-3H3. The normalized spacial score (nSPS) is 12.0. The summed E-state index contributed by atoms with van der Waals surface area (Å²) in [5.41, 5.74) is -0.0915. The van der Waals surface area contributed by atoms with Crippen LogP contribution in [0.15, 0.2) is 97.2 Å². The number of rotatable bonds is 18. The summed E-state index contributed by atoms with van der Waals surface area (Å²) in [7, 11) is 0. The summed E-state index contributed by atoms with van der Waals surface area (Å²) in [6.07, 6.45) is 32.4. The maximum Gasteiger partial charge on any atom is 0.367 e. The molecule has 226 valence electrons. The van der Waals surface area contributed by atoms with E-state index in [-0.39, 0.29) is 17.7 Å². The van der Waals surface area contributed by atoms with E-state index >= 15 is 0 Å². The smallest absolute Gasteiger partial charge is 0.367 e. The van der Waals surface area contributed by atoms with Crippen molar-refractivity contribution < 1.29 is 28.8 Å². The quantitative estimate of drug-likeness (QED) is 0.0437. The summed E-state index contributed by atoms with van der Waals surface area (Å²) >= 11 is 0. The Labute approximate surface area is 250 Å². The van der Waals surface area contributed by atoms with Crippen molar-refractivity contribution in [3.05, 3.63) is 103 Å². The van der Waals surface area contributed by atoms with Gasteiger partial charge in [-0.2, -0.15) is 0 Å². The summed E-state index contributed by atoms with van der Waals surface area (Å²) < 4.78 is 5.02. The molecular weight excluding hydrogens is 530 g/mol. The Bertz CT molecular complexity index is 1160. The molecule has 0 atom stereocenters. The molecular formula is C35H45NO6. The van der Waals surface area contributed by atoms with Crippen molar-refractivity contribution in [1.29, 1.82) is 0 Å². The van der Waals surface area contributed by atoms with Gasteiger partial charge >= 0.3 is 11.9 Å². The van der Waals surface area contributed by atoms with E-state index in [0.29, 0.717) is 11.5 Å². The van der Waals surface area contributed by atoms with Gasteiger partial charge in [-0.1, -0.05) is 136 Å². The van der Waals surface area contributed by atoms with Crippen LogP contribution in [0.4, 0.5) is 0 Å². The highest BCUT2D eigenvalue weighted by molar-refractivity contribution is 6.02. The van der Waals surface area contributed by atoms with Gasteiger partial charge in [0.1, 0.15) is 11.3 Å². The minimum Gasteiger partial charge on any atom is -0.426 e. The number of allylic oxidation sites excluding steroid dienone is 11. The van der Waals surface area contributed by atoms with Crippen molar-refractivity contribution in [2.24, 2.45) is 0 Å². The van der Waals surface area contributed by atoms with Crippen molar-refractivity contribution in [3.8, 4) is 5.75 Å². The lowest BCUT2D eigenvalue weighted by Crippen LogP contribution is -2.37. The molecule has 0 saturated carbocycles. The van der Waals surface area contributed by atoms with Crippen molar-refractivity contribution in [2.45, 2.75) is 85.0 Å². The van der Waals surface area contributed by atoms with Crippen molar-refractivity contribution in [1.82, 2.24) is 5.06 Å². The van der Waals surface area contributed by atoms with Crippen molar-refractivity contribution >= 4 is 23.8 Å². The Morgan fingerprint density at radius 3 is 1.90 bits per heavy atom. The Hall–Kier alpha value is -4.26. The van der Waals surface area contributed by atoms with Gasteiger partial charge in [0.2, 0.25) is 0 Å². The van der Waals surface area contributed by atoms with E-state index in [1.54, 1.807) is 37.3 Å². The molecule has 0 aliphatic heterocycles. The molecule has 0 aliphatic rings. The fourth-order valence-corrected chi connectivity index (χ4v) is 3.66. The molecule has 7 heteroatoms. The molecule has 42 heavy (non-hydrogen) atoms. The lowest BCUT2D eigenvalue weighted by molar-refractivity contribution is -0.177. The van der Waals surface area contributed by atoms with E-state index in [0.717, 1.165) is 12.5 Å². The number of carbonyl (C=O) groups is 4. The average Bonchev–Trinajstić information content (AvgIpc) is 2.97. The molecule has 1 aromatic rings. The molecule has 0 fully saturated rings. The molecule has 0 aliphatic carbocycles. The Morgan fingerprint density at radius 2 is 1.29 bits per heavy atom. The minimum absolute atomic E-state index is 0.00674. The van der Waals surface area contributed by atoms with Crippen LogP contribution in [0.1, 0.15) is 95.3 Å². The van der Waals surface area contributed by atoms with Crippen molar-refractivity contribution in [2.75, 3.05) is 0 Å². The Morgan fingerprint density at radius 1 is 0.714 bits per heavy atom. The molecule has 2 amide bonds. The van der Waals surface area contributed by atoms with Gasteiger partial charge in [0.25, 0.3) is 11.8 Å². The summed E-state index contributed by atoms with van der Waals surface area (Å²) in [6, 6.07) is 5.91. The topological polar surface area (TPSA) is 90.0 Å². The van der Waals surface area contributed by atoms with Gasteiger partial charge in [-0.25, -0.2) is 4.79 Å². The first kappa shape index (κ1) is 35.8. The maximum absolute atomic E-state index is 12.7. The molecule has 0 bridgehead atoms. The van der Waals surface area contributed by atoms with Crippen LogP contribution in [0, 0.1) is 0 Å². The summed E-state index contributed by atoms with van der Waals surface area (Å²) in [5.74, 6) is -3.13. The summed E-state index contributed by atoms with van der Waals surface area (Å²) in [6.45, 7) is 5.20. The van der Waals surface area contributed by atoms with Crippen LogP contribution in [-0.2, 0) is 19.2 Å². The molecule has 1 aromatic carbocycles. The van der Waals surface area contributed by atoms with Gasteiger partial charge in [0.15, 0.2) is 0 Å². The largest absolute Gasteiger partial charge is 0.426 e. The summed E-state index contributed by atoms with van der Waals surface area (Å²) in [5, 5.41) is 0.425. The van der Waals surface area contributed by atoms with Gasteiger partial charge in [0.05, 0.1) is 0 Å². The Kier molecular flexibility index (Phi) is 20.0. The van der Waals surface area contributed by atoms with Gasteiger partial charge in [-0.05, 0) is 31.4 Å². The van der Waals surface area contributed by atoms with E-state index in [1.807, 2.05) is 30.4 Å². The number of nitrogens with zero attached hydrogens (tertiary/aromatic N) is 1. The Balaban J connectivity index is 2.54. The third-order valence-electron chi connectivity index (χ3n) is 5.77. The number of para-hydroxylation sites is 1. The molecule has 0 heterocycles. The molecule has 0 spiro atoms. The first-order valence-corrected chi connectivity index (χ1v) is 14.8. The molecule has 0 radical (unpaired) electrons. The number of esters is 1. The fraction of sp³-hybridized carbons (Fsp3) is 0.371. The zero-order valence-corrected chi connectivity index (χ0v) is 25.2. The van der Waals surface area contributed by atoms with E-state index < -0.39 is 23.8 Å². The van der Waals surface area contributed by atoms with Crippen LogP contribution in [0.5, 0.6) is 5.75 Å². The number of hydrogen-bond acceptors (Lipinski definition) is 6. The first-order valence-electron chi connectivity index (χ1n) is 14.8. The van der Waals surface area contributed by atoms with Crippen LogP contribution in [-0.4, -0.2) is 28.8 Å². The van der Waals surface area contributed by atoms with Gasteiger partial charge in [-0.15, -0.1) is 0 Å². The van der Waals surface area contributed by atoms with E-state index in [9.17, 15) is 19.2 Å². The second-order valence-corrected chi connectivity index (χ2v) is 9.48. The third kappa shape index (κ3) is 16.8. The monoisotopic (exact) mass is 575 g/mol. The van der Waals surface area contributed by atoms with Crippen LogP contribution in [0.2, 0.25) is 0 Å². The highest BCUT2D eigenvalue weighted by Gasteiger charge is 2.26. The van der Waals surface area contributed by atoms with Gasteiger partial charge in [-0.3, -0.25) is 14.4 Å². The third-order valence-corrected chi connectivity index (χ3v) is 5.77. The van der Waals surface area contributed by atoms with Crippen molar-refractivity contribution in [3.63, 3.8) is 0 Å². The average molecular weight is 576 g/mol. The maximum atomic E-state index is 12.7. The van der Waals surface area contributed by atoms with Crippen LogP contribution in [0.3, 0.4) is 0 Å². The van der Waals surface area contributed by atoms with E-state index in [1.165, 1.54) is 70.1 Å². The number of hydrogen-bond donors (Lipinski definition) is 0. The van der Waals surface area contributed by atoms with E-state index in [4.69, 9.17) is 9.57 Å². The molecule has 1 rings (SSSR count). The highest BCUT2D eigenvalue weighted by atomic mass is 16.7. The minimum atomic E-state index is -0.999. The van der Waals surface area contributed by atoms with E-state index in [2.05, 4.69) is 19.1 Å². The predicted molar refractivity (Wildman–Crippen MR) is 167 cm³/mol. The lowest BCUT2D eigenvalue weighted by Gasteiger charge is -2.18. The molecule has 0 N–H and O–H groups in total. The number of hydroxylamine groups is 2. The zero-order valence-electron chi connectivity index (χ0n) is 25.2. The first-order chi connectivity index (χ1) is 20.4. The number of unbranched alkanes of at least 4 members (excludes halogenated alkanes) is 7. The number of carbonyl (C=O) groups excluding carboxylic acids is 4. The zero-order chi connectivity index (χ0) is 30.8. The fourth-order valence-electron chi connectivity index (χ4n) is 3.66. The van der Waals surface area contributed by atoms with Crippen LogP contribution in [0.25, 0.3) is 0 Å². The highest BCUT2D eigenvalue weighted by Crippen LogP contribution is 2.20. The van der Waals surface area contributed by atoms with Crippen LogP contribution >= 0.6 is 0 Å². The van der Waals surface area contributed by atoms with Crippen LogP contribution < -0.4 is 4.74 Å². The molecule has 0 saturated heterocycles. The van der Waals surface area contributed by atoms with Gasteiger partial charge < -0.3 is 9.57 Å². The number of amides is 2. The lowest BCUT2D eigenvalue weighted by atomic mass is 10.1. The summed E-state index contributed by atoms with van der Waals surface area (Å²) in [4.78, 5) is 54.3. The molecule has 7 nitrogen and oxygen atoms in total. The van der Waals surface area contributed by atoms with Gasteiger partial charge in [0, 0.05) is 19.4 Å². The second kappa shape index (κ2) is 23.4. The molecule has 0 aromatic heterocycles. The number of benzene rings is 1. The second-order valence-electron chi connectivity index (χ2n) is 9.48. The predicted octanol–water partition coefficient (Wildman–Crippen LogP) is 8.32. The molecule has 0 unspecified atom stereocenters.